The molecule has 300 valence electrons. The molecule has 0 unspecified atom stereocenters. The van der Waals surface area contributed by atoms with Gasteiger partial charge in [-0.1, -0.05) is 25.0 Å². The van der Waals surface area contributed by atoms with Crippen LogP contribution in [0, 0.1) is 11.7 Å². The van der Waals surface area contributed by atoms with E-state index in [1.807, 2.05) is 26.0 Å². The zero-order chi connectivity index (χ0) is 39.9. The molecule has 0 bridgehead atoms. The van der Waals surface area contributed by atoms with Crippen LogP contribution in [-0.4, -0.2) is 109 Å². The molecule has 17 heteroatoms. The van der Waals surface area contributed by atoms with Crippen LogP contribution in [0.4, 0.5) is 9.18 Å². The summed E-state index contributed by atoms with van der Waals surface area (Å²) in [6.07, 6.45) is 6.84. The van der Waals surface area contributed by atoms with Crippen molar-refractivity contribution in [2.24, 2.45) is 5.92 Å². The van der Waals surface area contributed by atoms with Gasteiger partial charge in [-0.05, 0) is 71.4 Å². The lowest BCUT2D eigenvalue weighted by molar-refractivity contribution is -0.141. The number of nitrogens with zero attached hydrogens (tertiary/aromatic N) is 3. The zero-order valence-corrected chi connectivity index (χ0v) is 33.0. The Morgan fingerprint density at radius 3 is 2.56 bits per heavy atom. The number of hydrogen-bond acceptors (Lipinski definition) is 10. The molecule has 2 aliphatic heterocycles. The SMILES string of the molecule is COc1c(F)ccc2c(O[C@@H]3C[C@H]4C(=O)N[C@]5(C(=O)NS(=O)(=O)C6(C)CC6)C[C@H]5C=CCCCCC[C@H](NC(=O)N(C)C)C(=O)N4C3)cc(OC(C)C)nc12. The van der Waals surface area contributed by atoms with Gasteiger partial charge in [0, 0.05) is 37.9 Å². The maximum absolute atomic E-state index is 14.8. The number of aromatic nitrogens is 1. The predicted molar refractivity (Wildman–Crippen MR) is 200 cm³/mol. The van der Waals surface area contributed by atoms with Gasteiger partial charge in [-0.25, -0.2) is 22.6 Å². The van der Waals surface area contributed by atoms with E-state index in [0.717, 1.165) is 12.8 Å². The molecule has 1 aromatic carbocycles. The van der Waals surface area contributed by atoms with Gasteiger partial charge in [-0.15, -0.1) is 0 Å². The van der Waals surface area contributed by atoms with Crippen molar-refractivity contribution in [3.63, 3.8) is 0 Å². The fourth-order valence-electron chi connectivity index (χ4n) is 7.19. The fraction of sp³-hybridized carbons (Fsp3) is 0.605. The van der Waals surface area contributed by atoms with Crippen LogP contribution in [-0.2, 0) is 24.4 Å². The first-order chi connectivity index (χ1) is 26.0. The third-order valence-corrected chi connectivity index (χ3v) is 13.0. The third-order valence-electron chi connectivity index (χ3n) is 10.9. The minimum absolute atomic E-state index is 0.0248. The van der Waals surface area contributed by atoms with Crippen LogP contribution >= 0.6 is 0 Å². The standard InChI is InChI=1S/C38H51FN6O9S/c1-22(2)53-30-19-29(25-14-15-26(39)32(52-6)31(25)41-30)54-24-18-28-33(46)42-38(35(48)43-55(50,51)37(3)16-17-37)20-23(38)12-10-8-7-9-11-13-27(34(47)45(28)21-24)40-36(49)44(4)5/h10,12,14-15,19,22-24,27-28H,7-9,11,13,16-18,20-21H2,1-6H3,(H,40,49)(H,42,46)(H,43,48)/t23-,24-,27+,28+,38-/m1/s1. The molecule has 5 atom stereocenters. The van der Waals surface area contributed by atoms with Gasteiger partial charge in [0.05, 0.1) is 24.5 Å². The molecule has 55 heavy (non-hydrogen) atoms. The van der Waals surface area contributed by atoms with Gasteiger partial charge in [0.2, 0.25) is 27.7 Å². The monoisotopic (exact) mass is 786 g/mol. The minimum Gasteiger partial charge on any atom is -0.491 e. The van der Waals surface area contributed by atoms with Crippen LogP contribution in [0.5, 0.6) is 17.4 Å². The van der Waals surface area contributed by atoms with Crippen molar-refractivity contribution in [3.8, 4) is 17.4 Å². The average molecular weight is 787 g/mol. The normalized spacial score (nSPS) is 26.5. The molecule has 2 saturated carbocycles. The fourth-order valence-corrected chi connectivity index (χ4v) is 8.50. The molecule has 15 nitrogen and oxygen atoms in total. The number of carbonyl (C=O) groups excluding carboxylic acids is 4. The summed E-state index contributed by atoms with van der Waals surface area (Å²) in [7, 11) is 0.432. The summed E-state index contributed by atoms with van der Waals surface area (Å²) in [5.74, 6) is -2.82. The summed E-state index contributed by atoms with van der Waals surface area (Å²) >= 11 is 0. The Morgan fingerprint density at radius 2 is 1.89 bits per heavy atom. The van der Waals surface area contributed by atoms with Gasteiger partial charge in [0.25, 0.3) is 5.91 Å². The lowest BCUT2D eigenvalue weighted by Crippen LogP contribution is -2.59. The van der Waals surface area contributed by atoms with Crippen molar-refractivity contribution in [1.29, 1.82) is 0 Å². The molecule has 0 radical (unpaired) electrons. The maximum atomic E-state index is 14.8. The Balaban J connectivity index is 1.36. The third kappa shape index (κ3) is 8.31. The highest BCUT2D eigenvalue weighted by Crippen LogP contribution is 2.47. The Bertz CT molecular complexity index is 1990. The number of rotatable bonds is 9. The number of sulfonamides is 1. The number of carbonyl (C=O) groups is 4. The molecule has 3 heterocycles. The van der Waals surface area contributed by atoms with Crippen molar-refractivity contribution in [2.45, 2.75) is 113 Å². The van der Waals surface area contributed by atoms with E-state index in [-0.39, 0.29) is 48.4 Å². The van der Waals surface area contributed by atoms with Crippen molar-refractivity contribution >= 4 is 44.7 Å². The number of benzene rings is 1. The van der Waals surface area contributed by atoms with E-state index in [9.17, 15) is 32.0 Å². The second-order valence-electron chi connectivity index (χ2n) is 15.7. The molecule has 3 fully saturated rings. The number of nitrogens with one attached hydrogen (secondary N) is 3. The van der Waals surface area contributed by atoms with E-state index < -0.39 is 74.0 Å². The zero-order valence-electron chi connectivity index (χ0n) is 32.1. The van der Waals surface area contributed by atoms with Crippen LogP contribution in [0.2, 0.25) is 0 Å². The highest BCUT2D eigenvalue weighted by molar-refractivity contribution is 7.91. The quantitative estimate of drug-likeness (QED) is 0.318. The molecular weight excluding hydrogens is 736 g/mol. The second kappa shape index (κ2) is 15.5. The van der Waals surface area contributed by atoms with Crippen LogP contribution in [0.1, 0.15) is 78.6 Å². The van der Waals surface area contributed by atoms with Gasteiger partial charge in [0.15, 0.2) is 11.6 Å². The van der Waals surface area contributed by atoms with Crippen molar-refractivity contribution < 1.29 is 46.2 Å². The number of amides is 5. The first-order valence-electron chi connectivity index (χ1n) is 18.8. The molecule has 1 aromatic heterocycles. The first-order valence-corrected chi connectivity index (χ1v) is 20.3. The molecule has 6 rings (SSSR count). The first kappa shape index (κ1) is 40.0. The number of urea groups is 1. The predicted octanol–water partition coefficient (Wildman–Crippen LogP) is 3.55. The lowest BCUT2D eigenvalue weighted by Gasteiger charge is -2.30. The second-order valence-corrected chi connectivity index (χ2v) is 17.9. The van der Waals surface area contributed by atoms with Crippen LogP contribution in [0.3, 0.4) is 0 Å². The van der Waals surface area contributed by atoms with Crippen LogP contribution in [0.25, 0.3) is 10.9 Å². The van der Waals surface area contributed by atoms with Crippen molar-refractivity contribution in [1.82, 2.24) is 30.1 Å². The van der Waals surface area contributed by atoms with E-state index in [1.54, 1.807) is 27.1 Å². The number of fused-ring (bicyclic) bond motifs is 3. The van der Waals surface area contributed by atoms with E-state index in [0.29, 0.717) is 37.5 Å². The maximum Gasteiger partial charge on any atom is 0.317 e. The molecule has 2 aliphatic carbocycles. The van der Waals surface area contributed by atoms with Crippen LogP contribution in [0.15, 0.2) is 30.4 Å². The summed E-state index contributed by atoms with van der Waals surface area (Å²) < 4.78 is 60.0. The number of ether oxygens (including phenoxy) is 3. The molecule has 1 saturated heterocycles. The summed E-state index contributed by atoms with van der Waals surface area (Å²) in [4.78, 5) is 62.8. The Kier molecular flexibility index (Phi) is 11.2. The van der Waals surface area contributed by atoms with Gasteiger partial charge in [0.1, 0.15) is 35.0 Å². The minimum atomic E-state index is -4.01. The van der Waals surface area contributed by atoms with Gasteiger partial charge < -0.3 is 34.6 Å². The van der Waals surface area contributed by atoms with Crippen molar-refractivity contribution in [3.05, 3.63) is 36.2 Å². The number of methoxy groups -OCH3 is 1. The molecule has 3 N–H and O–H groups in total. The van der Waals surface area contributed by atoms with Crippen molar-refractivity contribution in [2.75, 3.05) is 27.7 Å². The van der Waals surface area contributed by atoms with E-state index in [4.69, 9.17) is 14.2 Å². The Labute approximate surface area is 320 Å². The summed E-state index contributed by atoms with van der Waals surface area (Å²) in [5, 5.41) is 6.08. The van der Waals surface area contributed by atoms with Gasteiger partial charge >= 0.3 is 6.03 Å². The molecule has 2 aromatic rings. The smallest absolute Gasteiger partial charge is 0.317 e. The average Bonchev–Trinajstić information content (AvgIpc) is 3.99. The summed E-state index contributed by atoms with van der Waals surface area (Å²) in [6, 6.07) is 1.66. The van der Waals surface area contributed by atoms with E-state index in [1.165, 1.54) is 29.0 Å². The molecular formula is C38H51FN6O9S. The van der Waals surface area contributed by atoms with Gasteiger partial charge in [-0.2, -0.15) is 0 Å². The number of halogens is 1. The number of pyridine rings is 1. The molecule has 5 amide bonds. The lowest BCUT2D eigenvalue weighted by atomic mass is 10.0. The number of allylic oxidation sites excluding steroid dienone is 1. The molecule has 4 aliphatic rings. The molecule has 0 spiro atoms. The van der Waals surface area contributed by atoms with Gasteiger partial charge in [-0.3, -0.25) is 19.1 Å². The highest BCUT2D eigenvalue weighted by atomic mass is 32.2. The summed E-state index contributed by atoms with van der Waals surface area (Å²) in [6.45, 7) is 5.11. The van der Waals surface area contributed by atoms with Crippen LogP contribution < -0.4 is 29.6 Å². The number of hydrogen-bond donors (Lipinski definition) is 3. The summed E-state index contributed by atoms with van der Waals surface area (Å²) in [5.41, 5.74) is -1.40. The topological polar surface area (TPSA) is 186 Å². The van der Waals surface area contributed by atoms with E-state index >= 15 is 0 Å². The largest absolute Gasteiger partial charge is 0.491 e. The Hall–Kier alpha value is -4.67. The highest BCUT2D eigenvalue weighted by Gasteiger charge is 2.63. The van der Waals surface area contributed by atoms with E-state index in [2.05, 4.69) is 20.3 Å². The Morgan fingerprint density at radius 1 is 1.15 bits per heavy atom.